The number of amides is 2. The van der Waals surface area contributed by atoms with Crippen molar-refractivity contribution in [2.24, 2.45) is 15.9 Å². The number of hydrogen-bond donors (Lipinski definition) is 6. The minimum Gasteiger partial charge on any atom is -0.485 e. The predicted octanol–water partition coefficient (Wildman–Crippen LogP) is -0.410. The Morgan fingerprint density at radius 1 is 1.32 bits per heavy atom. The van der Waals surface area contributed by atoms with Crippen LogP contribution in [0, 0.1) is 0 Å². The Morgan fingerprint density at radius 3 is 2.66 bits per heavy atom. The number of carboxylic acid groups (broad SMARTS) is 1. The molecule has 2 aromatic rings. The standard InChI is InChI=1S/C27H34N8O10S2/c1-26(2)20(23(37)35(26)45-47(40,41)42)33-22(36)19(16-12-46-25(29)32-16)34-44-27(3,24(38)39)18-7-5-13-10-14(4-6-17(13)43-18)21(28)31-15-8-9-30-11-15/h4,6,10,12,15,18,20,30H,5,7-9,11H2,1-3H3,(H2,28,31)(H2,29,32)(H,33,36)(H,38,39)(H,40,41,42)/b34-19-/t15-,18+,20+,27?/m0/s1. The van der Waals surface area contributed by atoms with Crippen LogP contribution in [0.5, 0.6) is 5.75 Å². The summed E-state index contributed by atoms with van der Waals surface area (Å²) in [5, 5.41) is 21.6. The van der Waals surface area contributed by atoms with E-state index in [1.807, 2.05) is 6.07 Å². The van der Waals surface area contributed by atoms with Crippen molar-refractivity contribution in [3.63, 3.8) is 0 Å². The quantitative estimate of drug-likeness (QED) is 0.0574. The highest BCUT2D eigenvalue weighted by Gasteiger charge is 2.58. The number of carbonyl (C=O) groups excluding carboxylic acids is 2. The molecule has 1 aromatic carbocycles. The molecule has 2 fully saturated rings. The number of nitrogen functional groups attached to an aromatic ring is 1. The number of hydroxylamine groups is 2. The average molecular weight is 695 g/mol. The fourth-order valence-corrected chi connectivity index (χ4v) is 6.35. The summed E-state index contributed by atoms with van der Waals surface area (Å²) in [4.78, 5) is 52.8. The molecule has 20 heteroatoms. The Balaban J connectivity index is 1.35. The topological polar surface area (TPSA) is 270 Å². The number of β-lactam (4-membered cyclic amide) rings is 1. The molecule has 1 unspecified atom stereocenters. The molecular formula is C27H34N8O10S2. The molecule has 5 rings (SSSR count). The first-order valence-electron chi connectivity index (χ1n) is 14.4. The van der Waals surface area contributed by atoms with Crippen molar-refractivity contribution in [1.29, 1.82) is 0 Å². The van der Waals surface area contributed by atoms with Gasteiger partial charge in [-0.05, 0) is 70.3 Å². The molecule has 0 saturated carbocycles. The second kappa shape index (κ2) is 12.7. The maximum absolute atomic E-state index is 13.4. The van der Waals surface area contributed by atoms with Gasteiger partial charge in [-0.1, -0.05) is 5.16 Å². The molecular weight excluding hydrogens is 660 g/mol. The molecule has 8 N–H and O–H groups in total. The molecule has 3 aliphatic rings. The third-order valence-electron chi connectivity index (χ3n) is 8.12. The lowest BCUT2D eigenvalue weighted by Crippen LogP contribution is -2.76. The van der Waals surface area contributed by atoms with E-state index in [0.717, 1.165) is 42.0 Å². The lowest BCUT2D eigenvalue weighted by Gasteiger charge is -2.50. The van der Waals surface area contributed by atoms with Gasteiger partial charge in [0.05, 0.1) is 11.6 Å². The molecule has 254 valence electrons. The van der Waals surface area contributed by atoms with E-state index in [0.29, 0.717) is 23.1 Å². The number of aliphatic imine (C=N–C) groups is 1. The van der Waals surface area contributed by atoms with Crippen molar-refractivity contribution < 1.29 is 46.3 Å². The van der Waals surface area contributed by atoms with Crippen LogP contribution < -0.4 is 26.8 Å². The van der Waals surface area contributed by atoms with Gasteiger partial charge in [0.25, 0.3) is 17.4 Å². The van der Waals surface area contributed by atoms with Gasteiger partial charge in [0.15, 0.2) is 16.9 Å². The number of aryl methyl sites for hydroxylation is 1. The summed E-state index contributed by atoms with van der Waals surface area (Å²) < 4.78 is 41.7. The summed E-state index contributed by atoms with van der Waals surface area (Å²) in [7, 11) is -5.02. The van der Waals surface area contributed by atoms with E-state index < -0.39 is 57.2 Å². The van der Waals surface area contributed by atoms with Gasteiger partial charge >= 0.3 is 16.4 Å². The first-order valence-corrected chi connectivity index (χ1v) is 16.6. The number of thiazole rings is 1. The van der Waals surface area contributed by atoms with Crippen LogP contribution in [0.15, 0.2) is 33.7 Å². The Morgan fingerprint density at radius 2 is 2.06 bits per heavy atom. The zero-order chi connectivity index (χ0) is 34.3. The number of hydrogen-bond acceptors (Lipinski definition) is 14. The number of oxime groups is 1. The van der Waals surface area contributed by atoms with E-state index in [9.17, 15) is 27.9 Å². The summed E-state index contributed by atoms with van der Waals surface area (Å²) in [5.41, 5.74) is 9.38. The summed E-state index contributed by atoms with van der Waals surface area (Å²) in [6, 6.07) is 4.04. The van der Waals surface area contributed by atoms with Crippen LogP contribution in [0.25, 0.3) is 0 Å². The average Bonchev–Trinajstić information content (AvgIpc) is 3.69. The summed E-state index contributed by atoms with van der Waals surface area (Å²) in [6.07, 6.45) is 0.463. The van der Waals surface area contributed by atoms with Crippen molar-refractivity contribution in [1.82, 2.24) is 20.7 Å². The van der Waals surface area contributed by atoms with Crippen LogP contribution in [0.2, 0.25) is 0 Å². The number of ether oxygens (including phenoxy) is 1. The first-order chi connectivity index (χ1) is 22.0. The van der Waals surface area contributed by atoms with Crippen molar-refractivity contribution in [3.8, 4) is 5.75 Å². The summed E-state index contributed by atoms with van der Waals surface area (Å²) >= 11 is 0.967. The Bertz CT molecular complexity index is 1750. The van der Waals surface area contributed by atoms with Crippen LogP contribution in [-0.4, -0.2) is 99.9 Å². The van der Waals surface area contributed by atoms with Crippen molar-refractivity contribution >= 4 is 56.2 Å². The number of nitrogens with zero attached hydrogens (tertiary/aromatic N) is 4. The number of benzene rings is 1. The number of fused-ring (bicyclic) bond motifs is 1. The number of amidine groups is 1. The smallest absolute Gasteiger partial charge is 0.418 e. The number of nitrogens with one attached hydrogen (secondary N) is 2. The van der Waals surface area contributed by atoms with Gasteiger partial charge in [-0.25, -0.2) is 9.78 Å². The van der Waals surface area contributed by atoms with E-state index in [1.54, 1.807) is 12.1 Å². The van der Waals surface area contributed by atoms with Crippen LogP contribution in [-0.2, 0) is 40.3 Å². The Kier molecular flexibility index (Phi) is 9.16. The van der Waals surface area contributed by atoms with E-state index in [-0.39, 0.29) is 23.3 Å². The zero-order valence-corrected chi connectivity index (χ0v) is 27.1. The van der Waals surface area contributed by atoms with Crippen LogP contribution in [0.4, 0.5) is 5.13 Å². The Labute approximate surface area is 273 Å². The highest BCUT2D eigenvalue weighted by atomic mass is 32.3. The Hall–Kier alpha value is -4.37. The van der Waals surface area contributed by atoms with E-state index in [2.05, 4.69) is 30.0 Å². The number of carboxylic acids is 1. The summed E-state index contributed by atoms with van der Waals surface area (Å²) in [5.74, 6) is -2.62. The van der Waals surface area contributed by atoms with E-state index in [1.165, 1.54) is 26.2 Å². The lowest BCUT2D eigenvalue weighted by molar-refractivity contribution is -0.218. The molecule has 0 aliphatic carbocycles. The van der Waals surface area contributed by atoms with E-state index in [4.69, 9.17) is 25.6 Å². The molecule has 0 bridgehead atoms. The monoisotopic (exact) mass is 694 g/mol. The van der Waals surface area contributed by atoms with E-state index >= 15 is 0 Å². The molecule has 4 atom stereocenters. The van der Waals surface area contributed by atoms with Gasteiger partial charge in [0.1, 0.15) is 23.3 Å². The highest BCUT2D eigenvalue weighted by molar-refractivity contribution is 7.80. The van der Waals surface area contributed by atoms with Gasteiger partial charge in [0, 0.05) is 17.5 Å². The molecule has 0 radical (unpaired) electrons. The number of rotatable bonds is 11. The highest BCUT2D eigenvalue weighted by Crippen LogP contribution is 2.35. The molecule has 1 aromatic heterocycles. The van der Waals surface area contributed by atoms with Crippen molar-refractivity contribution in [3.05, 3.63) is 40.4 Å². The number of aromatic nitrogens is 1. The molecule has 3 aliphatic heterocycles. The van der Waals surface area contributed by atoms with Crippen LogP contribution in [0.3, 0.4) is 0 Å². The van der Waals surface area contributed by atoms with Gasteiger partial charge in [0.2, 0.25) is 0 Å². The third kappa shape index (κ3) is 7.00. The van der Waals surface area contributed by atoms with Gasteiger partial charge in [-0.2, -0.15) is 13.5 Å². The maximum Gasteiger partial charge on any atom is 0.418 e. The number of nitrogens with two attached hydrogens (primary N) is 2. The van der Waals surface area contributed by atoms with Crippen LogP contribution in [0.1, 0.15) is 50.4 Å². The zero-order valence-electron chi connectivity index (χ0n) is 25.5. The second-order valence-electron chi connectivity index (χ2n) is 11.8. The molecule has 47 heavy (non-hydrogen) atoms. The lowest BCUT2D eigenvalue weighted by atomic mass is 9.84. The fraction of sp³-hybridized carbons (Fsp3) is 0.481. The number of anilines is 1. The SMILES string of the molecule is CC(O/N=C(\C(=O)N[C@@H]1C(=O)N(OS(=O)(=O)O)C1(C)C)c1csc(N)n1)(C(=O)O)[C@H]1CCc2cc(C(N)=N[C@H]3CCNC3)ccc2O1. The van der Waals surface area contributed by atoms with Gasteiger partial charge < -0.3 is 36.8 Å². The minimum absolute atomic E-state index is 0.0615. The molecule has 18 nitrogen and oxygen atoms in total. The number of aliphatic carboxylic acids is 1. The first kappa shape index (κ1) is 34.0. The molecule has 0 spiro atoms. The van der Waals surface area contributed by atoms with Crippen molar-refractivity contribution in [2.75, 3.05) is 18.8 Å². The largest absolute Gasteiger partial charge is 0.485 e. The van der Waals surface area contributed by atoms with Crippen LogP contribution >= 0.6 is 11.3 Å². The number of carbonyl (C=O) groups is 3. The fourth-order valence-electron chi connectivity index (χ4n) is 5.35. The normalized spacial score (nSPS) is 24.0. The maximum atomic E-state index is 13.4. The van der Waals surface area contributed by atoms with Gasteiger partial charge in [-0.15, -0.1) is 15.6 Å². The molecule has 4 heterocycles. The third-order valence-corrected chi connectivity index (χ3v) is 9.14. The minimum atomic E-state index is -5.02. The summed E-state index contributed by atoms with van der Waals surface area (Å²) in [6.45, 7) is 5.63. The van der Waals surface area contributed by atoms with Crippen molar-refractivity contribution in [2.45, 2.75) is 69.4 Å². The van der Waals surface area contributed by atoms with Gasteiger partial charge in [-0.3, -0.25) is 19.1 Å². The molecule has 2 amide bonds. The molecule has 2 saturated heterocycles. The predicted molar refractivity (Wildman–Crippen MR) is 167 cm³/mol. The second-order valence-corrected chi connectivity index (χ2v) is 13.7.